The van der Waals surface area contributed by atoms with Gasteiger partial charge in [-0.2, -0.15) is 0 Å². The quantitative estimate of drug-likeness (QED) is 0.575. The minimum atomic E-state index is -1.24. The second-order valence-electron chi connectivity index (χ2n) is 5.11. The number of rotatable bonds is 8. The molecule has 6 nitrogen and oxygen atoms in total. The fraction of sp³-hybridized carbons (Fsp3) is 0.158. The highest BCUT2D eigenvalue weighted by Gasteiger charge is 2.15. The molecule has 0 aliphatic heterocycles. The molecule has 2 aromatic carbocycles. The molecule has 26 heavy (non-hydrogen) atoms. The monoisotopic (exact) mass is 360 g/mol. The van der Waals surface area contributed by atoms with Crippen molar-refractivity contribution in [1.29, 1.82) is 0 Å². The number of hydrogen-bond acceptors (Lipinski definition) is 5. The highest BCUT2D eigenvalue weighted by Crippen LogP contribution is 2.28. The Balaban J connectivity index is 2.20. The van der Waals surface area contributed by atoms with E-state index in [1.165, 1.54) is 44.6 Å². The Morgan fingerprint density at radius 2 is 1.81 bits per heavy atom. The van der Waals surface area contributed by atoms with Crippen LogP contribution in [0.15, 0.2) is 42.5 Å². The molecule has 0 aliphatic rings. The Morgan fingerprint density at radius 1 is 1.08 bits per heavy atom. The number of ether oxygens (including phenoxy) is 3. The third-order valence-corrected chi connectivity index (χ3v) is 3.41. The molecule has 2 rings (SSSR count). The van der Waals surface area contributed by atoms with Crippen molar-refractivity contribution in [2.24, 2.45) is 0 Å². The van der Waals surface area contributed by atoms with E-state index in [1.54, 1.807) is 18.2 Å². The lowest BCUT2D eigenvalue weighted by Crippen LogP contribution is -2.11. The van der Waals surface area contributed by atoms with Crippen LogP contribution in [0.5, 0.6) is 17.2 Å². The highest BCUT2D eigenvalue weighted by atomic mass is 19.1. The van der Waals surface area contributed by atoms with Crippen LogP contribution in [0, 0.1) is 5.82 Å². The van der Waals surface area contributed by atoms with Gasteiger partial charge in [-0.05, 0) is 35.9 Å². The normalized spacial score (nSPS) is 10.6. The molecular weight excluding hydrogens is 343 g/mol. The first kappa shape index (κ1) is 19.0. The molecule has 0 unspecified atom stereocenters. The van der Waals surface area contributed by atoms with E-state index in [0.29, 0.717) is 17.1 Å². The summed E-state index contributed by atoms with van der Waals surface area (Å²) in [4.78, 5) is 22.8. The van der Waals surface area contributed by atoms with Gasteiger partial charge < -0.3 is 19.3 Å². The molecule has 136 valence electrons. The van der Waals surface area contributed by atoms with Gasteiger partial charge in [-0.25, -0.2) is 9.18 Å². The third-order valence-electron chi connectivity index (χ3n) is 3.41. The zero-order valence-electron chi connectivity index (χ0n) is 14.2. The summed E-state index contributed by atoms with van der Waals surface area (Å²) in [5.41, 5.74) is 0.444. The summed E-state index contributed by atoms with van der Waals surface area (Å²) < 4.78 is 29.4. The lowest BCUT2D eigenvalue weighted by Gasteiger charge is -2.08. The van der Waals surface area contributed by atoms with Gasteiger partial charge in [-0.3, -0.25) is 4.79 Å². The Kier molecular flexibility index (Phi) is 6.32. The maximum Gasteiger partial charge on any atom is 0.341 e. The molecule has 0 aliphatic carbocycles. The van der Waals surface area contributed by atoms with Gasteiger partial charge in [-0.15, -0.1) is 0 Å². The number of carbonyl (C=O) groups excluding carboxylic acids is 1. The highest BCUT2D eigenvalue weighted by molar-refractivity contribution is 6.07. The van der Waals surface area contributed by atoms with Crippen molar-refractivity contribution >= 4 is 17.8 Å². The van der Waals surface area contributed by atoms with Gasteiger partial charge in [0.15, 0.2) is 35.5 Å². The van der Waals surface area contributed by atoms with Crippen molar-refractivity contribution in [2.45, 2.75) is 0 Å². The predicted molar refractivity (Wildman–Crippen MR) is 92.4 cm³/mol. The number of aliphatic carboxylic acids is 1. The Morgan fingerprint density at radius 3 is 2.46 bits per heavy atom. The molecule has 0 spiro atoms. The molecule has 0 heterocycles. The molecule has 7 heteroatoms. The van der Waals surface area contributed by atoms with Crippen molar-refractivity contribution in [3.8, 4) is 17.2 Å². The van der Waals surface area contributed by atoms with E-state index in [9.17, 15) is 14.0 Å². The summed E-state index contributed by atoms with van der Waals surface area (Å²) in [5.74, 6) is -1.98. The molecular formula is C19H17FO6. The average molecular weight is 360 g/mol. The summed E-state index contributed by atoms with van der Waals surface area (Å²) in [6.45, 7) is -0.698. The fourth-order valence-corrected chi connectivity index (χ4v) is 2.17. The summed E-state index contributed by atoms with van der Waals surface area (Å²) in [7, 11) is 3.01. The zero-order valence-corrected chi connectivity index (χ0v) is 14.2. The van der Waals surface area contributed by atoms with E-state index in [4.69, 9.17) is 19.3 Å². The van der Waals surface area contributed by atoms with Crippen molar-refractivity contribution < 1.29 is 33.3 Å². The van der Waals surface area contributed by atoms with Crippen molar-refractivity contribution in [3.05, 3.63) is 59.4 Å². The van der Waals surface area contributed by atoms with Gasteiger partial charge in [0.1, 0.15) is 0 Å². The molecule has 0 bridgehead atoms. The van der Waals surface area contributed by atoms with Crippen LogP contribution in [0.4, 0.5) is 4.39 Å². The van der Waals surface area contributed by atoms with Crippen molar-refractivity contribution in [1.82, 2.24) is 0 Å². The maximum atomic E-state index is 14.3. The fourth-order valence-electron chi connectivity index (χ4n) is 2.17. The van der Waals surface area contributed by atoms with Crippen molar-refractivity contribution in [2.75, 3.05) is 20.8 Å². The lowest BCUT2D eigenvalue weighted by molar-refractivity contribution is -0.139. The standard InChI is InChI=1S/C19H17FO6/c1-24-15-9-7-12(10-17(15)25-2)6-8-14(21)13-4-3-5-16(19(13)20)26-11-18(22)23/h3-10H,11H2,1-2H3,(H,22,23)/b8-6+. The summed E-state index contributed by atoms with van der Waals surface area (Å²) in [6, 6.07) is 9.04. The smallest absolute Gasteiger partial charge is 0.341 e. The minimum absolute atomic E-state index is 0.218. The second-order valence-corrected chi connectivity index (χ2v) is 5.11. The number of methoxy groups -OCH3 is 2. The number of allylic oxidation sites excluding steroid dienone is 1. The third kappa shape index (κ3) is 4.60. The van der Waals surface area contributed by atoms with Gasteiger partial charge in [0.25, 0.3) is 0 Å². The van der Waals surface area contributed by atoms with Crippen LogP contribution in [0.3, 0.4) is 0 Å². The summed E-state index contributed by atoms with van der Waals surface area (Å²) >= 11 is 0. The zero-order chi connectivity index (χ0) is 19.1. The number of halogens is 1. The van der Waals surface area contributed by atoms with E-state index in [1.807, 2.05) is 0 Å². The minimum Gasteiger partial charge on any atom is -0.493 e. The molecule has 0 atom stereocenters. The van der Waals surface area contributed by atoms with E-state index in [2.05, 4.69) is 0 Å². The van der Waals surface area contributed by atoms with E-state index >= 15 is 0 Å². The van der Waals surface area contributed by atoms with Gasteiger partial charge in [0, 0.05) is 0 Å². The molecule has 0 fully saturated rings. The SMILES string of the molecule is COc1ccc(/C=C/C(=O)c2cccc(OCC(=O)O)c2F)cc1OC. The first-order chi connectivity index (χ1) is 12.5. The molecule has 0 saturated heterocycles. The molecule has 0 aromatic heterocycles. The topological polar surface area (TPSA) is 82.1 Å². The largest absolute Gasteiger partial charge is 0.493 e. The number of benzene rings is 2. The van der Waals surface area contributed by atoms with E-state index in [0.717, 1.165) is 0 Å². The van der Waals surface area contributed by atoms with E-state index in [-0.39, 0.29) is 11.3 Å². The Hall–Kier alpha value is -3.35. The average Bonchev–Trinajstić information content (AvgIpc) is 2.64. The van der Waals surface area contributed by atoms with Crippen LogP contribution in [0.25, 0.3) is 6.08 Å². The summed E-state index contributed by atoms with van der Waals surface area (Å²) in [6.07, 6.45) is 2.72. The first-order valence-electron chi connectivity index (χ1n) is 7.53. The number of carboxylic acids is 1. The Labute approximate surface area is 149 Å². The second kappa shape index (κ2) is 8.66. The molecule has 0 radical (unpaired) electrons. The van der Waals surface area contributed by atoms with Gasteiger partial charge in [0.2, 0.25) is 0 Å². The van der Waals surface area contributed by atoms with Crippen molar-refractivity contribution in [3.63, 3.8) is 0 Å². The van der Waals surface area contributed by atoms with Crippen LogP contribution in [-0.2, 0) is 4.79 Å². The van der Waals surface area contributed by atoms with Crippen LogP contribution in [-0.4, -0.2) is 37.7 Å². The number of ketones is 1. The predicted octanol–water partition coefficient (Wildman–Crippen LogP) is 3.20. The van der Waals surface area contributed by atoms with E-state index < -0.39 is 24.2 Å². The molecule has 1 N–H and O–H groups in total. The first-order valence-corrected chi connectivity index (χ1v) is 7.53. The molecule has 0 saturated carbocycles. The number of carboxylic acid groups (broad SMARTS) is 1. The van der Waals surface area contributed by atoms with Crippen LogP contribution >= 0.6 is 0 Å². The maximum absolute atomic E-state index is 14.3. The van der Waals surface area contributed by atoms with Gasteiger partial charge in [-0.1, -0.05) is 18.2 Å². The molecule has 0 amide bonds. The summed E-state index contributed by atoms with van der Waals surface area (Å²) in [5, 5.41) is 8.59. The van der Waals surface area contributed by atoms with Crippen LogP contribution in [0.2, 0.25) is 0 Å². The number of hydrogen-bond donors (Lipinski definition) is 1. The lowest BCUT2D eigenvalue weighted by atomic mass is 10.1. The molecule has 2 aromatic rings. The Bertz CT molecular complexity index is 844. The van der Waals surface area contributed by atoms with Crippen LogP contribution in [0.1, 0.15) is 15.9 Å². The van der Waals surface area contributed by atoms with Crippen LogP contribution < -0.4 is 14.2 Å². The van der Waals surface area contributed by atoms with Gasteiger partial charge in [0.05, 0.1) is 19.8 Å². The number of carbonyl (C=O) groups is 2. The van der Waals surface area contributed by atoms with Gasteiger partial charge >= 0.3 is 5.97 Å².